The number of aromatic hydroxyl groups is 1. The second kappa shape index (κ2) is 31.4. The molecular weight excluding hydrogens is 939 g/mol. The van der Waals surface area contributed by atoms with E-state index in [2.05, 4.69) is 54.8 Å². The zero-order valence-corrected chi connectivity index (χ0v) is 40.7. The van der Waals surface area contributed by atoms with Gasteiger partial charge in [0.2, 0.25) is 53.2 Å². The number of carboxylic acids is 1. The fraction of sp³-hybridized carbons (Fsp3) is 0.605. The van der Waals surface area contributed by atoms with Gasteiger partial charge in [-0.3, -0.25) is 48.1 Å². The lowest BCUT2D eigenvalue weighted by Gasteiger charge is -2.28. The molecule has 0 aliphatic heterocycles. The number of benzene rings is 1. The molecule has 0 heterocycles. The van der Waals surface area contributed by atoms with E-state index in [1.165, 1.54) is 24.3 Å². The van der Waals surface area contributed by atoms with E-state index >= 15 is 0 Å². The van der Waals surface area contributed by atoms with Crippen molar-refractivity contribution in [1.82, 2.24) is 37.2 Å². The molecule has 0 fully saturated rings. The maximum absolute atomic E-state index is 14.2. The SMILES string of the molecule is CC(C)C[C@H](N)C(=O)N[C@@H](CO)C(=O)N[C@@H](CS)C(=O)N[C@@H](CCC(N)=O)C(=O)N[C@H](CC(C)C)C(=O)N[C@@H](Cc1ccc(O)cc1)C(=O)N[C@@H](CCC(N)=O)C(=O)N[C@@H](CCCN=C(N)N)C(=O)O. The first kappa shape index (κ1) is 61.3. The smallest absolute Gasteiger partial charge is 0.326 e. The van der Waals surface area contributed by atoms with Gasteiger partial charge < -0.3 is 81.2 Å². The lowest BCUT2D eigenvalue weighted by Crippen LogP contribution is -2.61. The third-order valence-electron chi connectivity index (χ3n) is 10.2. The van der Waals surface area contributed by atoms with Gasteiger partial charge in [0.1, 0.15) is 48.0 Å². The predicted molar refractivity (Wildman–Crippen MR) is 258 cm³/mol. The van der Waals surface area contributed by atoms with Crippen molar-refractivity contribution in [1.29, 1.82) is 0 Å². The lowest BCUT2D eigenvalue weighted by molar-refractivity contribution is -0.142. The fourth-order valence-corrected chi connectivity index (χ4v) is 6.82. The van der Waals surface area contributed by atoms with Crippen molar-refractivity contribution >= 4 is 77.7 Å². The summed E-state index contributed by atoms with van der Waals surface area (Å²) in [6.45, 7) is 6.27. The van der Waals surface area contributed by atoms with Crippen molar-refractivity contribution in [3.05, 3.63) is 29.8 Å². The van der Waals surface area contributed by atoms with Gasteiger partial charge in [0.15, 0.2) is 5.96 Å². The molecule has 0 aromatic heterocycles. The zero-order chi connectivity index (χ0) is 53.2. The highest BCUT2D eigenvalue weighted by atomic mass is 32.1. The number of amides is 9. The van der Waals surface area contributed by atoms with Gasteiger partial charge in [0.25, 0.3) is 0 Å². The molecule has 1 rings (SSSR count). The quantitative estimate of drug-likeness (QED) is 0.0136. The highest BCUT2D eigenvalue weighted by Gasteiger charge is 2.35. The molecule has 70 heavy (non-hydrogen) atoms. The minimum Gasteiger partial charge on any atom is -0.508 e. The van der Waals surface area contributed by atoms with Crippen LogP contribution < -0.4 is 65.9 Å². The molecule has 0 spiro atoms. The Labute approximate surface area is 411 Å². The summed E-state index contributed by atoms with van der Waals surface area (Å²) in [5.41, 5.74) is 27.6. The molecule has 20 N–H and O–H groups in total. The minimum atomic E-state index is -1.56. The zero-order valence-electron chi connectivity index (χ0n) is 39.8. The molecule has 9 amide bonds. The Morgan fingerprint density at radius 1 is 0.571 bits per heavy atom. The number of phenolic OH excluding ortho intramolecular Hbond substituents is 1. The number of carbonyl (C=O) groups excluding carboxylic acids is 9. The number of aliphatic imine (C=N–C) groups is 1. The van der Waals surface area contributed by atoms with E-state index in [4.69, 9.17) is 28.7 Å². The third kappa shape index (κ3) is 24.0. The largest absolute Gasteiger partial charge is 0.508 e. The summed E-state index contributed by atoms with van der Waals surface area (Å²) in [5.74, 6) is -10.7. The minimum absolute atomic E-state index is 0.0411. The van der Waals surface area contributed by atoms with Crippen molar-refractivity contribution in [3.63, 3.8) is 0 Å². The molecule has 392 valence electrons. The van der Waals surface area contributed by atoms with Gasteiger partial charge >= 0.3 is 5.97 Å². The number of aliphatic carboxylic acids is 1. The first-order valence-corrected chi connectivity index (χ1v) is 23.1. The normalized spacial score (nSPS) is 14.5. The number of phenols is 1. The molecule has 26 nitrogen and oxygen atoms in total. The number of aliphatic hydroxyl groups excluding tert-OH is 1. The van der Waals surface area contributed by atoms with E-state index in [1.54, 1.807) is 13.8 Å². The Morgan fingerprint density at radius 2 is 0.986 bits per heavy atom. The summed E-state index contributed by atoms with van der Waals surface area (Å²) in [6.07, 6.45) is -1.68. The van der Waals surface area contributed by atoms with Crippen LogP contribution in [0.1, 0.15) is 84.6 Å². The van der Waals surface area contributed by atoms with E-state index in [9.17, 15) is 63.3 Å². The van der Waals surface area contributed by atoms with Crippen LogP contribution in [0.3, 0.4) is 0 Å². The highest BCUT2D eigenvalue weighted by molar-refractivity contribution is 7.80. The Bertz CT molecular complexity index is 1990. The number of primary amides is 2. The van der Waals surface area contributed by atoms with Crippen LogP contribution in [0.4, 0.5) is 0 Å². The average Bonchev–Trinajstić information content (AvgIpc) is 3.27. The van der Waals surface area contributed by atoms with Gasteiger partial charge in [0.05, 0.1) is 12.6 Å². The van der Waals surface area contributed by atoms with Gasteiger partial charge in [-0.05, 0) is 68.1 Å². The van der Waals surface area contributed by atoms with Crippen LogP contribution in [0, 0.1) is 11.8 Å². The molecule has 1 aromatic rings. The summed E-state index contributed by atoms with van der Waals surface area (Å²) in [6, 6.07) is -6.04. The molecule has 0 bridgehead atoms. The number of rotatable bonds is 33. The second-order valence-electron chi connectivity index (χ2n) is 17.3. The standard InChI is InChI=1S/C43H71N13O13S/c1-21(2)16-25(44)35(61)55-31(19-57)40(66)56-32(20-70)41(67)51-27(12-14-34(46)60)37(63)53-29(17-22(3)4)38(64)54-30(18-23-7-9-24(58)10-8-23)39(65)50-26(11-13-33(45)59)36(62)52-28(42(68)69)6-5-15-49-43(47)48/h7-10,21-22,25-32,57-58,70H,5-6,11-20,44H2,1-4H3,(H2,45,59)(H2,46,60)(H,50,65)(H,51,67)(H,52,62)(H,53,63)(H,54,64)(H,55,61)(H,56,66)(H,68,69)(H4,47,48,49)/t25-,26-,27-,28-,29+,30-,31-,32-/m0/s1. The molecular formula is C43H71N13O13S. The molecule has 0 saturated heterocycles. The van der Waals surface area contributed by atoms with E-state index in [1.807, 2.05) is 13.8 Å². The first-order valence-electron chi connectivity index (χ1n) is 22.5. The van der Waals surface area contributed by atoms with Gasteiger partial charge in [-0.15, -0.1) is 0 Å². The van der Waals surface area contributed by atoms with Crippen LogP contribution in [0.2, 0.25) is 0 Å². The molecule has 0 aliphatic carbocycles. The van der Waals surface area contributed by atoms with Gasteiger partial charge in [-0.1, -0.05) is 39.8 Å². The van der Waals surface area contributed by atoms with Crippen molar-refractivity contribution in [2.45, 2.75) is 134 Å². The maximum atomic E-state index is 14.2. The van der Waals surface area contributed by atoms with Crippen molar-refractivity contribution in [2.24, 2.45) is 45.5 Å². The molecule has 0 aliphatic rings. The van der Waals surface area contributed by atoms with Gasteiger partial charge in [-0.25, -0.2) is 4.79 Å². The number of nitrogens with zero attached hydrogens (tertiary/aromatic N) is 1. The maximum Gasteiger partial charge on any atom is 0.326 e. The summed E-state index contributed by atoms with van der Waals surface area (Å²) < 4.78 is 0. The summed E-state index contributed by atoms with van der Waals surface area (Å²) in [5, 5.41) is 46.5. The number of nitrogens with one attached hydrogen (secondary N) is 7. The van der Waals surface area contributed by atoms with Gasteiger partial charge in [-0.2, -0.15) is 12.6 Å². The molecule has 27 heteroatoms. The van der Waals surface area contributed by atoms with Crippen LogP contribution in [0.15, 0.2) is 29.3 Å². The van der Waals surface area contributed by atoms with Crippen LogP contribution in [0.5, 0.6) is 5.75 Å². The summed E-state index contributed by atoms with van der Waals surface area (Å²) in [4.78, 5) is 135. The summed E-state index contributed by atoms with van der Waals surface area (Å²) in [7, 11) is 0. The number of hydrogen-bond donors (Lipinski definition) is 16. The number of hydrogen-bond acceptors (Lipinski definition) is 15. The van der Waals surface area contributed by atoms with Crippen LogP contribution in [-0.2, 0) is 54.4 Å². The average molecular weight is 1010 g/mol. The third-order valence-corrected chi connectivity index (χ3v) is 10.6. The number of carbonyl (C=O) groups is 10. The molecule has 0 radical (unpaired) electrons. The van der Waals surface area contributed by atoms with Crippen LogP contribution >= 0.6 is 12.6 Å². The van der Waals surface area contributed by atoms with Crippen molar-refractivity contribution in [2.75, 3.05) is 18.9 Å². The van der Waals surface area contributed by atoms with Crippen LogP contribution in [-0.4, -0.2) is 148 Å². The molecule has 0 saturated carbocycles. The second-order valence-corrected chi connectivity index (χ2v) is 17.7. The Kier molecular flexibility index (Phi) is 27.5. The lowest BCUT2D eigenvalue weighted by atomic mass is 9.99. The number of nitrogens with two attached hydrogens (primary N) is 5. The number of guanidine groups is 1. The Hall–Kier alpha value is -6.74. The predicted octanol–water partition coefficient (Wildman–Crippen LogP) is -4.66. The number of aliphatic hydroxyl groups is 1. The topological polar surface area (TPSA) is 458 Å². The van der Waals surface area contributed by atoms with Crippen LogP contribution in [0.25, 0.3) is 0 Å². The fourth-order valence-electron chi connectivity index (χ4n) is 6.57. The number of carboxylic acid groups (broad SMARTS) is 1. The molecule has 0 unspecified atom stereocenters. The highest BCUT2D eigenvalue weighted by Crippen LogP contribution is 2.14. The molecule has 1 aromatic carbocycles. The van der Waals surface area contributed by atoms with E-state index in [0.29, 0.717) is 5.56 Å². The summed E-state index contributed by atoms with van der Waals surface area (Å²) >= 11 is 4.14. The van der Waals surface area contributed by atoms with Crippen molar-refractivity contribution < 1.29 is 63.3 Å². The van der Waals surface area contributed by atoms with E-state index < -0.39 is 133 Å². The Morgan fingerprint density at radius 3 is 1.44 bits per heavy atom. The van der Waals surface area contributed by atoms with E-state index in [0.717, 1.165) is 0 Å². The van der Waals surface area contributed by atoms with E-state index in [-0.39, 0.29) is 74.4 Å². The van der Waals surface area contributed by atoms with Gasteiger partial charge in [0, 0.05) is 31.6 Å². The monoisotopic (exact) mass is 1010 g/mol. The Balaban J connectivity index is 3.49. The molecule has 8 atom stereocenters. The van der Waals surface area contributed by atoms with Crippen molar-refractivity contribution in [3.8, 4) is 5.75 Å². The number of thiol groups is 1. The first-order chi connectivity index (χ1) is 32.8.